The Bertz CT molecular complexity index is 680. The van der Waals surface area contributed by atoms with Crippen molar-refractivity contribution in [2.75, 3.05) is 51.1 Å². The minimum Gasteiger partial charge on any atom is -0.356 e. The van der Waals surface area contributed by atoms with Gasteiger partial charge in [-0.25, -0.2) is 0 Å². The van der Waals surface area contributed by atoms with Crippen LogP contribution >= 0.6 is 23.4 Å². The van der Waals surface area contributed by atoms with Gasteiger partial charge in [0.2, 0.25) is 11.8 Å². The van der Waals surface area contributed by atoms with Crippen molar-refractivity contribution >= 4 is 40.9 Å². The van der Waals surface area contributed by atoms with Crippen molar-refractivity contribution in [2.45, 2.75) is 29.9 Å². The van der Waals surface area contributed by atoms with Gasteiger partial charge in [-0.1, -0.05) is 18.5 Å². The van der Waals surface area contributed by atoms with Crippen LogP contribution in [-0.4, -0.2) is 72.7 Å². The predicted octanol–water partition coefficient (Wildman–Crippen LogP) is 2.29. The number of thioether (sulfide) groups is 1. The fraction of sp³-hybridized carbons (Fsp3) is 0.579. The molecular weight excluding hydrogens is 384 g/mol. The van der Waals surface area contributed by atoms with Gasteiger partial charge in [0, 0.05) is 49.1 Å². The molecule has 2 N–H and O–H groups in total. The van der Waals surface area contributed by atoms with Crippen LogP contribution in [0.1, 0.15) is 19.8 Å². The van der Waals surface area contributed by atoms with E-state index in [0.29, 0.717) is 11.6 Å². The van der Waals surface area contributed by atoms with Crippen molar-refractivity contribution in [3.05, 3.63) is 23.2 Å². The van der Waals surface area contributed by atoms with E-state index in [9.17, 15) is 9.59 Å². The Balaban J connectivity index is 1.36. The molecule has 2 heterocycles. The Morgan fingerprint density at radius 1 is 1.30 bits per heavy atom. The monoisotopic (exact) mass is 410 g/mol. The first-order valence-electron chi connectivity index (χ1n) is 9.53. The van der Waals surface area contributed by atoms with Crippen LogP contribution in [0.4, 0.5) is 5.69 Å². The third-order valence-corrected chi connectivity index (χ3v) is 6.53. The van der Waals surface area contributed by atoms with Crippen LogP contribution in [0.25, 0.3) is 0 Å². The minimum absolute atomic E-state index is 0.0733. The fourth-order valence-corrected chi connectivity index (χ4v) is 4.62. The zero-order valence-corrected chi connectivity index (χ0v) is 17.2. The van der Waals surface area contributed by atoms with E-state index in [-0.39, 0.29) is 18.2 Å². The van der Waals surface area contributed by atoms with Crippen molar-refractivity contribution in [1.29, 1.82) is 0 Å². The first-order valence-corrected chi connectivity index (χ1v) is 10.8. The highest BCUT2D eigenvalue weighted by molar-refractivity contribution is 8.01. The van der Waals surface area contributed by atoms with Crippen LogP contribution < -0.4 is 10.6 Å². The maximum atomic E-state index is 12.2. The summed E-state index contributed by atoms with van der Waals surface area (Å²) in [5.41, 5.74) is 0.720. The zero-order chi connectivity index (χ0) is 19.2. The highest BCUT2D eigenvalue weighted by Gasteiger charge is 2.29. The van der Waals surface area contributed by atoms with Crippen molar-refractivity contribution in [2.24, 2.45) is 0 Å². The second-order valence-corrected chi connectivity index (χ2v) is 8.60. The number of rotatable bonds is 7. The van der Waals surface area contributed by atoms with Crippen molar-refractivity contribution in [3.8, 4) is 0 Å². The van der Waals surface area contributed by atoms with Gasteiger partial charge in [0.1, 0.15) is 0 Å². The van der Waals surface area contributed by atoms with Crippen LogP contribution in [0, 0.1) is 0 Å². The van der Waals surface area contributed by atoms with E-state index in [4.69, 9.17) is 11.6 Å². The summed E-state index contributed by atoms with van der Waals surface area (Å²) in [4.78, 5) is 30.3. The number of nitrogens with zero attached hydrogens (tertiary/aromatic N) is 2. The van der Waals surface area contributed by atoms with E-state index in [1.165, 1.54) is 11.8 Å². The standard InChI is InChI=1S/C19H27ClN4O2S/c1-2-23-8-10-24(11-9-23)7-3-6-21-18(25)13-17-19(26)22-15-12-14(20)4-5-16(15)27-17/h4-5,12,17H,2-3,6-11,13H2,1H3,(H,21,25)(H,22,26). The number of amides is 2. The van der Waals surface area contributed by atoms with Gasteiger partial charge in [0.25, 0.3) is 0 Å². The second-order valence-electron chi connectivity index (χ2n) is 6.92. The number of benzene rings is 1. The molecule has 0 aromatic heterocycles. The number of nitrogens with one attached hydrogen (secondary N) is 2. The molecule has 3 rings (SSSR count). The van der Waals surface area contributed by atoms with Crippen LogP contribution in [0.15, 0.2) is 23.1 Å². The maximum Gasteiger partial charge on any atom is 0.238 e. The lowest BCUT2D eigenvalue weighted by Crippen LogP contribution is -2.46. The number of anilines is 1. The van der Waals surface area contributed by atoms with Gasteiger partial charge in [-0.05, 0) is 37.7 Å². The van der Waals surface area contributed by atoms with Crippen LogP contribution in [0.2, 0.25) is 5.02 Å². The van der Waals surface area contributed by atoms with Crippen LogP contribution in [-0.2, 0) is 9.59 Å². The summed E-state index contributed by atoms with van der Waals surface area (Å²) >= 11 is 7.38. The molecule has 8 heteroatoms. The first-order chi connectivity index (χ1) is 13.0. The normalized spacial score (nSPS) is 20.8. The summed E-state index contributed by atoms with van der Waals surface area (Å²) in [6, 6.07) is 5.41. The SMILES string of the molecule is CCN1CCN(CCCNC(=O)CC2Sc3ccc(Cl)cc3NC2=O)CC1. The molecule has 0 radical (unpaired) electrons. The molecule has 6 nitrogen and oxygen atoms in total. The van der Waals surface area contributed by atoms with E-state index >= 15 is 0 Å². The third-order valence-electron chi connectivity index (χ3n) is 5.02. The molecule has 1 aromatic carbocycles. The van der Waals surface area contributed by atoms with Gasteiger partial charge < -0.3 is 20.4 Å². The topological polar surface area (TPSA) is 64.7 Å². The molecule has 2 amide bonds. The van der Waals surface area contributed by atoms with Crippen molar-refractivity contribution in [1.82, 2.24) is 15.1 Å². The minimum atomic E-state index is -0.402. The number of halogens is 1. The highest BCUT2D eigenvalue weighted by atomic mass is 35.5. The largest absolute Gasteiger partial charge is 0.356 e. The lowest BCUT2D eigenvalue weighted by Gasteiger charge is -2.34. The van der Waals surface area contributed by atoms with Gasteiger partial charge in [-0.15, -0.1) is 11.8 Å². The lowest BCUT2D eigenvalue weighted by atomic mass is 10.2. The van der Waals surface area contributed by atoms with Gasteiger partial charge in [-0.3, -0.25) is 9.59 Å². The number of carbonyl (C=O) groups is 2. The second kappa shape index (κ2) is 9.78. The zero-order valence-electron chi connectivity index (χ0n) is 15.7. The number of hydrogen-bond donors (Lipinski definition) is 2. The molecule has 1 saturated heterocycles. The smallest absolute Gasteiger partial charge is 0.238 e. The Kier molecular flexibility index (Phi) is 7.41. The first kappa shape index (κ1) is 20.5. The Morgan fingerprint density at radius 2 is 2.04 bits per heavy atom. The Hall–Kier alpha value is -1.28. The maximum absolute atomic E-state index is 12.2. The van der Waals surface area contributed by atoms with E-state index in [1.54, 1.807) is 12.1 Å². The van der Waals surface area contributed by atoms with E-state index in [1.807, 2.05) is 6.07 Å². The summed E-state index contributed by atoms with van der Waals surface area (Å²) in [5, 5.41) is 5.98. The molecule has 0 bridgehead atoms. The Morgan fingerprint density at radius 3 is 2.78 bits per heavy atom. The predicted molar refractivity (Wildman–Crippen MR) is 111 cm³/mol. The summed E-state index contributed by atoms with van der Waals surface area (Å²) < 4.78 is 0. The molecule has 0 saturated carbocycles. The average Bonchev–Trinajstić information content (AvgIpc) is 2.66. The summed E-state index contributed by atoms with van der Waals surface area (Å²) in [6.07, 6.45) is 1.12. The van der Waals surface area contributed by atoms with Crippen molar-refractivity contribution in [3.63, 3.8) is 0 Å². The van der Waals surface area contributed by atoms with Gasteiger partial charge in [-0.2, -0.15) is 0 Å². The van der Waals surface area contributed by atoms with E-state index in [0.717, 1.165) is 56.3 Å². The Labute approximate surface area is 170 Å². The van der Waals surface area contributed by atoms with E-state index in [2.05, 4.69) is 27.4 Å². The number of carbonyl (C=O) groups excluding carboxylic acids is 2. The fourth-order valence-electron chi connectivity index (χ4n) is 3.36. The van der Waals surface area contributed by atoms with Crippen LogP contribution in [0.5, 0.6) is 0 Å². The third kappa shape index (κ3) is 5.85. The average molecular weight is 411 g/mol. The van der Waals surface area contributed by atoms with Gasteiger partial charge in [0.05, 0.1) is 10.9 Å². The molecule has 27 heavy (non-hydrogen) atoms. The number of likely N-dealkylation sites (N-methyl/N-ethyl adjacent to an activating group) is 1. The quantitative estimate of drug-likeness (QED) is 0.675. The highest BCUT2D eigenvalue weighted by Crippen LogP contribution is 2.38. The number of piperazine rings is 1. The molecule has 1 atom stereocenters. The molecular formula is C19H27ClN4O2S. The number of fused-ring (bicyclic) bond motifs is 1. The molecule has 1 unspecified atom stereocenters. The molecule has 0 aliphatic carbocycles. The van der Waals surface area contributed by atoms with Gasteiger partial charge >= 0.3 is 0 Å². The molecule has 2 aliphatic heterocycles. The molecule has 148 valence electrons. The lowest BCUT2D eigenvalue weighted by molar-refractivity contribution is -0.124. The summed E-state index contributed by atoms with van der Waals surface area (Å²) in [5.74, 6) is -0.213. The number of hydrogen-bond acceptors (Lipinski definition) is 5. The van der Waals surface area contributed by atoms with Gasteiger partial charge in [0.15, 0.2) is 0 Å². The van der Waals surface area contributed by atoms with Crippen molar-refractivity contribution < 1.29 is 9.59 Å². The molecule has 0 spiro atoms. The molecule has 2 aliphatic rings. The molecule has 1 aromatic rings. The van der Waals surface area contributed by atoms with Crippen LogP contribution in [0.3, 0.4) is 0 Å². The van der Waals surface area contributed by atoms with E-state index < -0.39 is 5.25 Å². The summed E-state index contributed by atoms with van der Waals surface area (Å²) in [6.45, 7) is 9.43. The molecule has 1 fully saturated rings. The summed E-state index contributed by atoms with van der Waals surface area (Å²) in [7, 11) is 0.